The van der Waals surface area contributed by atoms with E-state index in [1.165, 1.54) is 0 Å². The van der Waals surface area contributed by atoms with Gasteiger partial charge in [-0.3, -0.25) is 4.68 Å². The van der Waals surface area contributed by atoms with Crippen molar-refractivity contribution in [3.63, 3.8) is 0 Å². The van der Waals surface area contributed by atoms with Gasteiger partial charge < -0.3 is 15.8 Å². The van der Waals surface area contributed by atoms with E-state index in [-0.39, 0.29) is 0 Å². The molecule has 0 unspecified atom stereocenters. The van der Waals surface area contributed by atoms with Crippen LogP contribution in [-0.4, -0.2) is 30.0 Å². The van der Waals surface area contributed by atoms with Gasteiger partial charge in [0, 0.05) is 27.3 Å². The molecule has 0 aliphatic rings. The molecule has 5 heteroatoms. The number of aromatic nitrogens is 2. The van der Waals surface area contributed by atoms with Gasteiger partial charge in [0.25, 0.3) is 0 Å². The summed E-state index contributed by atoms with van der Waals surface area (Å²) in [5.74, 6) is 0.888. The summed E-state index contributed by atoms with van der Waals surface area (Å²) in [4.78, 5) is 0. The maximum atomic E-state index is 5.84. The number of anilines is 2. The van der Waals surface area contributed by atoms with Crippen molar-refractivity contribution in [1.82, 2.24) is 9.78 Å². The maximum absolute atomic E-state index is 5.84. The Hall–Kier alpha value is -1.23. The molecule has 0 atom stereocenters. The van der Waals surface area contributed by atoms with Crippen molar-refractivity contribution in [2.75, 3.05) is 31.3 Å². The lowest BCUT2D eigenvalue weighted by atomic mass is 10.3. The van der Waals surface area contributed by atoms with Gasteiger partial charge in [0.1, 0.15) is 5.82 Å². The maximum Gasteiger partial charge on any atom is 0.147 e. The molecular weight excluding hydrogens is 180 g/mol. The van der Waals surface area contributed by atoms with Crippen LogP contribution in [0, 0.1) is 6.92 Å². The summed E-state index contributed by atoms with van der Waals surface area (Å²) in [6, 6.07) is 0. The summed E-state index contributed by atoms with van der Waals surface area (Å²) in [5.41, 5.74) is 7.43. The fourth-order valence-electron chi connectivity index (χ4n) is 1.31. The highest BCUT2D eigenvalue weighted by Crippen LogP contribution is 2.20. The Kier molecular flexibility index (Phi) is 3.76. The summed E-state index contributed by atoms with van der Waals surface area (Å²) in [6.45, 7) is 3.50. The SMILES string of the molecule is COCCCNc1c(N)c(C)nn1C. The fourth-order valence-corrected chi connectivity index (χ4v) is 1.31. The molecule has 0 spiro atoms. The molecule has 0 saturated heterocycles. The molecule has 80 valence electrons. The number of rotatable bonds is 5. The van der Waals surface area contributed by atoms with Gasteiger partial charge >= 0.3 is 0 Å². The van der Waals surface area contributed by atoms with Crippen LogP contribution in [0.15, 0.2) is 0 Å². The highest BCUT2D eigenvalue weighted by Gasteiger charge is 2.08. The first-order valence-corrected chi connectivity index (χ1v) is 4.68. The zero-order chi connectivity index (χ0) is 10.6. The van der Waals surface area contributed by atoms with Crippen molar-refractivity contribution in [3.8, 4) is 0 Å². The number of hydrogen-bond donors (Lipinski definition) is 2. The monoisotopic (exact) mass is 198 g/mol. The van der Waals surface area contributed by atoms with Crippen molar-refractivity contribution >= 4 is 11.5 Å². The highest BCUT2D eigenvalue weighted by atomic mass is 16.5. The van der Waals surface area contributed by atoms with Crippen LogP contribution in [0.5, 0.6) is 0 Å². The van der Waals surface area contributed by atoms with Gasteiger partial charge in [-0.1, -0.05) is 0 Å². The predicted octanol–water partition coefficient (Wildman–Crippen LogP) is 0.759. The first-order valence-electron chi connectivity index (χ1n) is 4.68. The largest absolute Gasteiger partial charge is 0.394 e. The number of nitrogen functional groups attached to an aromatic ring is 1. The molecule has 1 rings (SSSR count). The summed E-state index contributed by atoms with van der Waals surface area (Å²) in [5, 5.41) is 7.44. The Morgan fingerprint density at radius 3 is 2.79 bits per heavy atom. The molecule has 1 aromatic rings. The number of hydrogen-bond acceptors (Lipinski definition) is 4. The quantitative estimate of drug-likeness (QED) is 0.685. The zero-order valence-corrected chi connectivity index (χ0v) is 9.00. The van der Waals surface area contributed by atoms with Gasteiger partial charge in [0.15, 0.2) is 0 Å². The molecule has 0 radical (unpaired) electrons. The van der Waals surface area contributed by atoms with Crippen LogP contribution in [0.1, 0.15) is 12.1 Å². The van der Waals surface area contributed by atoms with Gasteiger partial charge in [0.2, 0.25) is 0 Å². The van der Waals surface area contributed by atoms with Gasteiger partial charge in [-0.05, 0) is 13.3 Å². The summed E-state index contributed by atoms with van der Waals surface area (Å²) in [6.07, 6.45) is 0.958. The minimum atomic E-state index is 0.727. The number of ether oxygens (including phenoxy) is 1. The molecule has 0 amide bonds. The van der Waals surface area contributed by atoms with Gasteiger partial charge in [0.05, 0.1) is 11.4 Å². The molecule has 14 heavy (non-hydrogen) atoms. The third-order valence-corrected chi connectivity index (χ3v) is 2.09. The Morgan fingerprint density at radius 2 is 2.29 bits per heavy atom. The number of nitrogens with one attached hydrogen (secondary N) is 1. The third-order valence-electron chi connectivity index (χ3n) is 2.09. The van der Waals surface area contributed by atoms with Gasteiger partial charge in [-0.25, -0.2) is 0 Å². The molecule has 0 saturated carbocycles. The number of methoxy groups -OCH3 is 1. The molecule has 0 fully saturated rings. The number of aryl methyl sites for hydroxylation is 2. The van der Waals surface area contributed by atoms with Crippen LogP contribution in [-0.2, 0) is 11.8 Å². The van der Waals surface area contributed by atoms with Crippen molar-refractivity contribution in [1.29, 1.82) is 0 Å². The van der Waals surface area contributed by atoms with Crippen LogP contribution in [0.2, 0.25) is 0 Å². The summed E-state index contributed by atoms with van der Waals surface area (Å²) in [7, 11) is 3.57. The van der Waals surface area contributed by atoms with E-state index in [2.05, 4.69) is 10.4 Å². The Balaban J connectivity index is 2.49. The van der Waals surface area contributed by atoms with E-state index in [0.717, 1.165) is 36.8 Å². The van der Waals surface area contributed by atoms with Crippen LogP contribution in [0.4, 0.5) is 11.5 Å². The Morgan fingerprint density at radius 1 is 1.57 bits per heavy atom. The minimum absolute atomic E-state index is 0.727. The van der Waals surface area contributed by atoms with Crippen molar-refractivity contribution in [2.45, 2.75) is 13.3 Å². The Labute approximate surface area is 84.2 Å². The lowest BCUT2D eigenvalue weighted by molar-refractivity contribution is 0.197. The van der Waals surface area contributed by atoms with E-state index in [9.17, 15) is 0 Å². The molecule has 1 heterocycles. The highest BCUT2D eigenvalue weighted by molar-refractivity contribution is 5.64. The van der Waals surface area contributed by atoms with E-state index in [4.69, 9.17) is 10.5 Å². The molecule has 3 N–H and O–H groups in total. The fraction of sp³-hybridized carbons (Fsp3) is 0.667. The topological polar surface area (TPSA) is 65.1 Å². The average Bonchev–Trinajstić information content (AvgIpc) is 2.38. The summed E-state index contributed by atoms with van der Waals surface area (Å²) < 4.78 is 6.71. The van der Waals surface area contributed by atoms with E-state index in [0.29, 0.717) is 0 Å². The van der Waals surface area contributed by atoms with Crippen molar-refractivity contribution in [3.05, 3.63) is 5.69 Å². The van der Waals surface area contributed by atoms with E-state index < -0.39 is 0 Å². The molecule has 0 bridgehead atoms. The number of nitrogens with zero attached hydrogens (tertiary/aromatic N) is 2. The number of nitrogens with two attached hydrogens (primary N) is 1. The zero-order valence-electron chi connectivity index (χ0n) is 9.00. The Bertz CT molecular complexity index is 295. The molecular formula is C9H18N4O. The smallest absolute Gasteiger partial charge is 0.147 e. The summed E-state index contributed by atoms with van der Waals surface area (Å²) >= 11 is 0. The lowest BCUT2D eigenvalue weighted by Crippen LogP contribution is -2.09. The predicted molar refractivity (Wildman–Crippen MR) is 57.3 cm³/mol. The lowest BCUT2D eigenvalue weighted by Gasteiger charge is -2.06. The second kappa shape index (κ2) is 4.85. The standard InChI is InChI=1S/C9H18N4O/c1-7-8(10)9(13(2)12-7)11-5-4-6-14-3/h11H,4-6,10H2,1-3H3. The average molecular weight is 198 g/mol. The second-order valence-corrected chi connectivity index (χ2v) is 3.24. The normalized spacial score (nSPS) is 10.5. The van der Waals surface area contributed by atoms with E-state index in [1.54, 1.807) is 11.8 Å². The molecule has 1 aromatic heterocycles. The van der Waals surface area contributed by atoms with Crippen LogP contribution < -0.4 is 11.1 Å². The molecule has 0 aromatic carbocycles. The van der Waals surface area contributed by atoms with Crippen LogP contribution >= 0.6 is 0 Å². The van der Waals surface area contributed by atoms with Crippen molar-refractivity contribution < 1.29 is 4.74 Å². The molecule has 0 aliphatic heterocycles. The third kappa shape index (κ3) is 2.38. The van der Waals surface area contributed by atoms with Gasteiger partial charge in [-0.2, -0.15) is 5.10 Å². The molecule has 5 nitrogen and oxygen atoms in total. The van der Waals surface area contributed by atoms with Crippen LogP contribution in [0.3, 0.4) is 0 Å². The van der Waals surface area contributed by atoms with E-state index in [1.807, 2.05) is 14.0 Å². The first-order chi connectivity index (χ1) is 6.66. The first kappa shape index (κ1) is 10.8. The van der Waals surface area contributed by atoms with Gasteiger partial charge in [-0.15, -0.1) is 0 Å². The molecule has 0 aliphatic carbocycles. The van der Waals surface area contributed by atoms with E-state index >= 15 is 0 Å². The second-order valence-electron chi connectivity index (χ2n) is 3.24. The van der Waals surface area contributed by atoms with Crippen LogP contribution in [0.25, 0.3) is 0 Å². The minimum Gasteiger partial charge on any atom is -0.394 e. The van der Waals surface area contributed by atoms with Crippen molar-refractivity contribution in [2.24, 2.45) is 7.05 Å².